The lowest BCUT2D eigenvalue weighted by molar-refractivity contribution is 0.172. The summed E-state index contributed by atoms with van der Waals surface area (Å²) in [5.41, 5.74) is 2.67. The van der Waals surface area contributed by atoms with Gasteiger partial charge in [0.15, 0.2) is 0 Å². The van der Waals surface area contributed by atoms with Crippen LogP contribution in [0.25, 0.3) is 10.8 Å². The van der Waals surface area contributed by atoms with Crippen molar-refractivity contribution in [2.24, 2.45) is 0 Å². The molecule has 21 heavy (non-hydrogen) atoms. The molecule has 1 heterocycles. The van der Waals surface area contributed by atoms with E-state index in [1.807, 2.05) is 0 Å². The van der Waals surface area contributed by atoms with Gasteiger partial charge in [-0.1, -0.05) is 42.0 Å². The number of benzene rings is 2. The number of rotatable bonds is 4. The maximum absolute atomic E-state index is 4.14. The zero-order chi connectivity index (χ0) is 14.7. The maximum Gasteiger partial charge on any atom is 0.0386 e. The highest BCUT2D eigenvalue weighted by Crippen LogP contribution is 2.29. The van der Waals surface area contributed by atoms with E-state index >= 15 is 0 Å². The Morgan fingerprint density at radius 2 is 1.86 bits per heavy atom. The summed E-state index contributed by atoms with van der Waals surface area (Å²) >= 11 is 0. The van der Waals surface area contributed by atoms with Crippen LogP contribution in [-0.4, -0.2) is 31.1 Å². The quantitative estimate of drug-likeness (QED) is 0.858. The number of piperazine rings is 1. The van der Waals surface area contributed by atoms with Crippen LogP contribution in [0.1, 0.15) is 24.9 Å². The number of nitrogens with zero attached hydrogens (tertiary/aromatic N) is 1. The highest BCUT2D eigenvalue weighted by molar-refractivity contribution is 5.83. The zero-order valence-corrected chi connectivity index (χ0v) is 12.8. The second-order valence-electron chi connectivity index (χ2n) is 6.07. The van der Waals surface area contributed by atoms with Crippen molar-refractivity contribution in [1.82, 2.24) is 10.2 Å². The summed E-state index contributed by atoms with van der Waals surface area (Å²) in [6, 6.07) is 15.9. The minimum absolute atomic E-state index is 0.453. The lowest BCUT2D eigenvalue weighted by atomic mass is 9.95. The first kappa shape index (κ1) is 14.3. The van der Waals surface area contributed by atoms with Crippen LogP contribution in [0.5, 0.6) is 0 Å². The van der Waals surface area contributed by atoms with Gasteiger partial charge in [-0.25, -0.2) is 0 Å². The molecule has 110 valence electrons. The van der Waals surface area contributed by atoms with Gasteiger partial charge in [0.25, 0.3) is 0 Å². The molecular formula is C19H24N2. The second-order valence-corrected chi connectivity index (χ2v) is 6.07. The SMILES string of the molecule is C=C(C)C[C@H](c1ccc2ccccc2c1)N1CCNCC1. The highest BCUT2D eigenvalue weighted by Gasteiger charge is 2.22. The lowest BCUT2D eigenvalue weighted by Crippen LogP contribution is -2.45. The second kappa shape index (κ2) is 6.42. The van der Waals surface area contributed by atoms with Gasteiger partial charge in [0, 0.05) is 32.2 Å². The number of hydrogen-bond donors (Lipinski definition) is 1. The maximum atomic E-state index is 4.14. The molecule has 1 aliphatic rings. The Bertz CT molecular complexity index is 626. The van der Waals surface area contributed by atoms with Gasteiger partial charge in [-0.05, 0) is 35.7 Å². The summed E-state index contributed by atoms with van der Waals surface area (Å²) < 4.78 is 0. The first-order valence-electron chi connectivity index (χ1n) is 7.82. The van der Waals surface area contributed by atoms with E-state index in [2.05, 4.69) is 66.2 Å². The fourth-order valence-electron chi connectivity index (χ4n) is 3.20. The fourth-order valence-corrected chi connectivity index (χ4v) is 3.20. The first-order valence-corrected chi connectivity index (χ1v) is 7.82. The molecule has 0 amide bonds. The molecule has 0 aromatic heterocycles. The van der Waals surface area contributed by atoms with E-state index in [9.17, 15) is 0 Å². The van der Waals surface area contributed by atoms with Crippen molar-refractivity contribution in [2.75, 3.05) is 26.2 Å². The van der Waals surface area contributed by atoms with E-state index < -0.39 is 0 Å². The Labute approximate surface area is 127 Å². The summed E-state index contributed by atoms with van der Waals surface area (Å²) in [5, 5.41) is 6.09. The normalized spacial score (nSPS) is 17.8. The third-order valence-electron chi connectivity index (χ3n) is 4.29. The van der Waals surface area contributed by atoms with E-state index in [1.54, 1.807) is 0 Å². The van der Waals surface area contributed by atoms with Crippen LogP contribution in [0.15, 0.2) is 54.6 Å². The van der Waals surface area contributed by atoms with Crippen LogP contribution in [-0.2, 0) is 0 Å². The molecule has 1 saturated heterocycles. The molecule has 1 N–H and O–H groups in total. The summed E-state index contributed by atoms with van der Waals surface area (Å²) in [6.07, 6.45) is 1.04. The standard InChI is InChI=1S/C19H24N2/c1-15(2)13-19(21-11-9-20-10-12-21)18-8-7-16-5-3-4-6-17(16)14-18/h3-8,14,19-20H,1,9-13H2,2H3/t19-/m1/s1. The minimum Gasteiger partial charge on any atom is -0.314 e. The molecule has 0 unspecified atom stereocenters. The molecule has 0 saturated carbocycles. The molecule has 3 rings (SSSR count). The van der Waals surface area contributed by atoms with Crippen LogP contribution < -0.4 is 5.32 Å². The fraction of sp³-hybridized carbons (Fsp3) is 0.368. The Morgan fingerprint density at radius 1 is 1.14 bits per heavy atom. The lowest BCUT2D eigenvalue weighted by Gasteiger charge is -2.35. The predicted octanol–water partition coefficient (Wildman–Crippen LogP) is 3.75. The Hall–Kier alpha value is -1.64. The third kappa shape index (κ3) is 3.34. The van der Waals surface area contributed by atoms with E-state index in [0.29, 0.717) is 6.04 Å². The van der Waals surface area contributed by atoms with Crippen molar-refractivity contribution >= 4 is 10.8 Å². The number of hydrogen-bond acceptors (Lipinski definition) is 2. The first-order chi connectivity index (χ1) is 10.2. The van der Waals surface area contributed by atoms with E-state index in [1.165, 1.54) is 21.9 Å². The van der Waals surface area contributed by atoms with Gasteiger partial charge in [0.2, 0.25) is 0 Å². The molecule has 0 spiro atoms. The zero-order valence-electron chi connectivity index (χ0n) is 12.8. The van der Waals surface area contributed by atoms with Crippen molar-refractivity contribution in [3.63, 3.8) is 0 Å². The third-order valence-corrected chi connectivity index (χ3v) is 4.29. The van der Waals surface area contributed by atoms with Gasteiger partial charge in [-0.15, -0.1) is 6.58 Å². The molecule has 2 aromatic rings. The van der Waals surface area contributed by atoms with E-state index in [4.69, 9.17) is 0 Å². The largest absolute Gasteiger partial charge is 0.314 e. The minimum atomic E-state index is 0.453. The predicted molar refractivity (Wildman–Crippen MR) is 90.6 cm³/mol. The number of nitrogens with one attached hydrogen (secondary N) is 1. The van der Waals surface area contributed by atoms with Crippen LogP contribution in [0.4, 0.5) is 0 Å². The summed E-state index contributed by atoms with van der Waals surface area (Å²) in [7, 11) is 0. The summed E-state index contributed by atoms with van der Waals surface area (Å²) in [4.78, 5) is 2.59. The van der Waals surface area contributed by atoms with Gasteiger partial charge < -0.3 is 5.32 Å². The van der Waals surface area contributed by atoms with Crippen molar-refractivity contribution < 1.29 is 0 Å². The van der Waals surface area contributed by atoms with E-state index in [0.717, 1.165) is 32.6 Å². The van der Waals surface area contributed by atoms with Crippen molar-refractivity contribution in [2.45, 2.75) is 19.4 Å². The summed E-state index contributed by atoms with van der Waals surface area (Å²) in [6.45, 7) is 10.7. The highest BCUT2D eigenvalue weighted by atomic mass is 15.2. The Morgan fingerprint density at radius 3 is 2.57 bits per heavy atom. The molecule has 0 radical (unpaired) electrons. The molecule has 2 heteroatoms. The molecule has 1 atom stereocenters. The topological polar surface area (TPSA) is 15.3 Å². The Kier molecular flexibility index (Phi) is 4.37. The van der Waals surface area contributed by atoms with Crippen molar-refractivity contribution in [3.8, 4) is 0 Å². The average Bonchev–Trinajstić information content (AvgIpc) is 2.53. The number of fused-ring (bicyclic) bond motifs is 1. The van der Waals surface area contributed by atoms with Gasteiger partial charge >= 0.3 is 0 Å². The Balaban J connectivity index is 1.94. The van der Waals surface area contributed by atoms with Crippen molar-refractivity contribution in [1.29, 1.82) is 0 Å². The molecule has 2 aromatic carbocycles. The van der Waals surface area contributed by atoms with Gasteiger partial charge in [-0.2, -0.15) is 0 Å². The smallest absolute Gasteiger partial charge is 0.0386 e. The van der Waals surface area contributed by atoms with Crippen LogP contribution >= 0.6 is 0 Å². The van der Waals surface area contributed by atoms with Crippen molar-refractivity contribution in [3.05, 3.63) is 60.2 Å². The average molecular weight is 280 g/mol. The molecule has 1 fully saturated rings. The molecule has 0 bridgehead atoms. The van der Waals surface area contributed by atoms with Gasteiger partial charge in [-0.3, -0.25) is 4.90 Å². The molecule has 2 nitrogen and oxygen atoms in total. The van der Waals surface area contributed by atoms with Crippen LogP contribution in [0, 0.1) is 0 Å². The molecular weight excluding hydrogens is 256 g/mol. The van der Waals surface area contributed by atoms with Gasteiger partial charge in [0.1, 0.15) is 0 Å². The molecule has 0 aliphatic carbocycles. The van der Waals surface area contributed by atoms with Crippen LogP contribution in [0.2, 0.25) is 0 Å². The van der Waals surface area contributed by atoms with E-state index in [-0.39, 0.29) is 0 Å². The monoisotopic (exact) mass is 280 g/mol. The van der Waals surface area contributed by atoms with Gasteiger partial charge in [0.05, 0.1) is 0 Å². The molecule has 1 aliphatic heterocycles. The summed E-state index contributed by atoms with van der Waals surface area (Å²) in [5.74, 6) is 0. The van der Waals surface area contributed by atoms with Crippen LogP contribution in [0.3, 0.4) is 0 Å².